The number of carbonyl (C=O) groups excluding carboxylic acids is 3. The van der Waals surface area contributed by atoms with Crippen molar-refractivity contribution in [3.8, 4) is 0 Å². The molecule has 4 rings (SSSR count). The number of piperidine rings is 1. The van der Waals surface area contributed by atoms with Crippen LogP contribution in [-0.4, -0.2) is 49.1 Å². The van der Waals surface area contributed by atoms with Crippen molar-refractivity contribution in [1.29, 1.82) is 5.41 Å². The van der Waals surface area contributed by atoms with Gasteiger partial charge in [-0.05, 0) is 43.9 Å². The van der Waals surface area contributed by atoms with Crippen LogP contribution in [0.1, 0.15) is 45.1 Å². The summed E-state index contributed by atoms with van der Waals surface area (Å²) in [7, 11) is 0. The number of carbonyl (C=O) groups is 3. The molecule has 1 aromatic carbocycles. The second-order valence-corrected chi connectivity index (χ2v) is 8.62. The second kappa shape index (κ2) is 8.53. The quantitative estimate of drug-likeness (QED) is 0.630. The van der Waals surface area contributed by atoms with Gasteiger partial charge in [0.15, 0.2) is 0 Å². The number of rotatable bonds is 5. The number of hydrogen-bond acceptors (Lipinski definition) is 5. The van der Waals surface area contributed by atoms with E-state index < -0.39 is 0 Å². The standard InChI is InChI=1S/C23H29N5O3/c1-14-13-27(23(31)16-3-4-16)21-9-17(5-6-20(21)28(14)15(2)29)18(11-24)12-26-19-7-8-25-22(30)10-19/h5-6,9,11-12,14,16,19,24,26H,3-4,7-8,10,13H2,1-2H3,(H,25,30)/b18-12+,24-11?. The molecule has 164 valence electrons. The predicted octanol–water partition coefficient (Wildman–Crippen LogP) is 2.04. The van der Waals surface area contributed by atoms with Gasteiger partial charge >= 0.3 is 0 Å². The Morgan fingerprint density at radius 3 is 2.65 bits per heavy atom. The van der Waals surface area contributed by atoms with Gasteiger partial charge in [0.1, 0.15) is 0 Å². The number of fused-ring (bicyclic) bond motifs is 1. The number of anilines is 2. The van der Waals surface area contributed by atoms with E-state index in [1.807, 2.05) is 25.1 Å². The molecular formula is C23H29N5O3. The van der Waals surface area contributed by atoms with Gasteiger partial charge in [0, 0.05) is 56.4 Å². The molecule has 0 radical (unpaired) electrons. The predicted molar refractivity (Wildman–Crippen MR) is 120 cm³/mol. The van der Waals surface area contributed by atoms with Crippen LogP contribution in [0.15, 0.2) is 24.4 Å². The number of amides is 3. The Balaban J connectivity index is 1.66. The number of allylic oxidation sites excluding steroid dienone is 1. The Morgan fingerprint density at radius 2 is 2.00 bits per heavy atom. The zero-order valence-electron chi connectivity index (χ0n) is 18.0. The maximum absolute atomic E-state index is 13.0. The van der Waals surface area contributed by atoms with Crippen LogP contribution in [0.25, 0.3) is 5.57 Å². The average Bonchev–Trinajstić information content (AvgIpc) is 3.58. The zero-order chi connectivity index (χ0) is 22.1. The van der Waals surface area contributed by atoms with Crippen LogP contribution in [0.2, 0.25) is 0 Å². The highest BCUT2D eigenvalue weighted by Crippen LogP contribution is 2.41. The molecule has 8 nitrogen and oxygen atoms in total. The van der Waals surface area contributed by atoms with Crippen LogP contribution >= 0.6 is 0 Å². The first kappa shape index (κ1) is 21.1. The lowest BCUT2D eigenvalue weighted by atomic mass is 10.0. The molecule has 1 saturated heterocycles. The van der Waals surface area contributed by atoms with Crippen molar-refractivity contribution in [2.45, 2.75) is 51.6 Å². The van der Waals surface area contributed by atoms with Crippen LogP contribution < -0.4 is 20.4 Å². The van der Waals surface area contributed by atoms with Gasteiger partial charge in [-0.2, -0.15) is 0 Å². The minimum absolute atomic E-state index is 0.0232. The maximum atomic E-state index is 13.0. The van der Waals surface area contributed by atoms with E-state index in [2.05, 4.69) is 10.6 Å². The van der Waals surface area contributed by atoms with Gasteiger partial charge in [0.05, 0.1) is 17.4 Å². The van der Waals surface area contributed by atoms with Crippen molar-refractivity contribution in [2.75, 3.05) is 22.9 Å². The molecule has 31 heavy (non-hydrogen) atoms. The molecule has 8 heteroatoms. The van der Waals surface area contributed by atoms with E-state index in [1.165, 1.54) is 6.21 Å². The van der Waals surface area contributed by atoms with Crippen LogP contribution in [0.5, 0.6) is 0 Å². The first-order valence-corrected chi connectivity index (χ1v) is 10.9. The van der Waals surface area contributed by atoms with E-state index in [4.69, 9.17) is 5.41 Å². The molecule has 1 saturated carbocycles. The Labute approximate surface area is 182 Å². The van der Waals surface area contributed by atoms with Gasteiger partial charge in [0.2, 0.25) is 17.7 Å². The molecule has 3 N–H and O–H groups in total. The van der Waals surface area contributed by atoms with Crippen LogP contribution in [0, 0.1) is 11.3 Å². The Bertz CT molecular complexity index is 953. The Kier molecular flexibility index (Phi) is 5.80. The lowest BCUT2D eigenvalue weighted by Gasteiger charge is -2.41. The first-order valence-electron chi connectivity index (χ1n) is 10.9. The molecule has 1 aromatic rings. The molecular weight excluding hydrogens is 394 g/mol. The van der Waals surface area contributed by atoms with Gasteiger partial charge in [-0.25, -0.2) is 0 Å². The maximum Gasteiger partial charge on any atom is 0.230 e. The van der Waals surface area contributed by atoms with Crippen molar-refractivity contribution in [3.05, 3.63) is 30.0 Å². The average molecular weight is 424 g/mol. The summed E-state index contributed by atoms with van der Waals surface area (Å²) in [6.07, 6.45) is 6.09. The van der Waals surface area contributed by atoms with E-state index >= 15 is 0 Å². The molecule has 1 aliphatic carbocycles. The van der Waals surface area contributed by atoms with Crippen molar-refractivity contribution >= 4 is 40.9 Å². The van der Waals surface area contributed by atoms with Gasteiger partial charge in [-0.3, -0.25) is 14.4 Å². The third-order valence-corrected chi connectivity index (χ3v) is 6.16. The van der Waals surface area contributed by atoms with Gasteiger partial charge in [-0.15, -0.1) is 0 Å². The normalized spacial score (nSPS) is 23.7. The summed E-state index contributed by atoms with van der Waals surface area (Å²) in [5.41, 5.74) is 2.88. The number of hydrogen-bond donors (Lipinski definition) is 3. The molecule has 2 unspecified atom stereocenters. The highest BCUT2D eigenvalue weighted by atomic mass is 16.2. The SMILES string of the molecule is CC(=O)N1c2ccc(/C(C=N)=C/NC3CCNC(=O)C3)cc2N(C(=O)C2CC2)CC1C. The summed E-state index contributed by atoms with van der Waals surface area (Å²) in [6, 6.07) is 5.56. The molecule has 3 amide bonds. The van der Waals surface area contributed by atoms with Crippen molar-refractivity contribution in [2.24, 2.45) is 5.92 Å². The van der Waals surface area contributed by atoms with Crippen LogP contribution in [0.3, 0.4) is 0 Å². The zero-order valence-corrected chi connectivity index (χ0v) is 18.0. The number of nitrogens with zero attached hydrogens (tertiary/aromatic N) is 2. The molecule has 2 fully saturated rings. The van der Waals surface area contributed by atoms with E-state index in [0.29, 0.717) is 30.8 Å². The summed E-state index contributed by atoms with van der Waals surface area (Å²) in [6.45, 7) is 4.60. The molecule has 2 aliphatic heterocycles. The topological polar surface area (TPSA) is 106 Å². The van der Waals surface area contributed by atoms with Gasteiger partial charge in [0.25, 0.3) is 0 Å². The lowest BCUT2D eigenvalue weighted by molar-refractivity contribution is -0.122. The fourth-order valence-electron chi connectivity index (χ4n) is 4.39. The van der Waals surface area contributed by atoms with Crippen molar-refractivity contribution in [1.82, 2.24) is 10.6 Å². The fourth-order valence-corrected chi connectivity index (χ4v) is 4.39. The summed E-state index contributed by atoms with van der Waals surface area (Å²) in [5, 5.41) is 14.0. The number of benzene rings is 1. The monoisotopic (exact) mass is 423 g/mol. The molecule has 2 heterocycles. The van der Waals surface area contributed by atoms with E-state index in [1.54, 1.807) is 22.9 Å². The summed E-state index contributed by atoms with van der Waals surface area (Å²) in [5.74, 6) is 0.153. The second-order valence-electron chi connectivity index (χ2n) is 8.62. The minimum atomic E-state index is -0.101. The summed E-state index contributed by atoms with van der Waals surface area (Å²) >= 11 is 0. The van der Waals surface area contributed by atoms with Crippen LogP contribution in [0.4, 0.5) is 11.4 Å². The summed E-state index contributed by atoms with van der Waals surface area (Å²) in [4.78, 5) is 40.4. The molecule has 0 bridgehead atoms. The highest BCUT2D eigenvalue weighted by Gasteiger charge is 2.39. The third-order valence-electron chi connectivity index (χ3n) is 6.16. The van der Waals surface area contributed by atoms with Gasteiger partial charge < -0.3 is 25.8 Å². The highest BCUT2D eigenvalue weighted by molar-refractivity contribution is 6.11. The lowest BCUT2D eigenvalue weighted by Crippen LogP contribution is -2.51. The van der Waals surface area contributed by atoms with Crippen LogP contribution in [-0.2, 0) is 14.4 Å². The Hall–Kier alpha value is -3.16. The van der Waals surface area contributed by atoms with E-state index in [0.717, 1.165) is 30.5 Å². The molecule has 3 aliphatic rings. The van der Waals surface area contributed by atoms with E-state index in [9.17, 15) is 14.4 Å². The molecule has 0 spiro atoms. The van der Waals surface area contributed by atoms with Gasteiger partial charge in [-0.1, -0.05) is 6.07 Å². The smallest absolute Gasteiger partial charge is 0.230 e. The third kappa shape index (κ3) is 4.33. The van der Waals surface area contributed by atoms with E-state index in [-0.39, 0.29) is 35.7 Å². The largest absolute Gasteiger partial charge is 0.387 e. The molecule has 0 aromatic heterocycles. The Morgan fingerprint density at radius 1 is 1.23 bits per heavy atom. The minimum Gasteiger partial charge on any atom is -0.387 e. The summed E-state index contributed by atoms with van der Waals surface area (Å²) < 4.78 is 0. The van der Waals surface area contributed by atoms with Crippen molar-refractivity contribution in [3.63, 3.8) is 0 Å². The van der Waals surface area contributed by atoms with Crippen molar-refractivity contribution < 1.29 is 14.4 Å². The molecule has 2 atom stereocenters. The first-order chi connectivity index (χ1) is 14.9. The fraction of sp³-hybridized carbons (Fsp3) is 0.478. The number of nitrogens with one attached hydrogen (secondary N) is 3.